The van der Waals surface area contributed by atoms with E-state index in [0.29, 0.717) is 11.1 Å². The van der Waals surface area contributed by atoms with Gasteiger partial charge in [0.1, 0.15) is 24.9 Å². The van der Waals surface area contributed by atoms with Gasteiger partial charge in [0.05, 0.1) is 20.3 Å². The highest BCUT2D eigenvalue weighted by Crippen LogP contribution is 2.53. The molecule has 1 saturated heterocycles. The van der Waals surface area contributed by atoms with Crippen LogP contribution in [0.15, 0.2) is 60.7 Å². The number of carbonyl (C=O) groups is 4. The van der Waals surface area contributed by atoms with Gasteiger partial charge in [-0.05, 0) is 18.1 Å². The maximum absolute atomic E-state index is 14.2. The lowest BCUT2D eigenvalue weighted by Gasteiger charge is -2.46. The van der Waals surface area contributed by atoms with Gasteiger partial charge in [0, 0.05) is 20.8 Å². The Morgan fingerprint density at radius 2 is 1.42 bits per heavy atom. The van der Waals surface area contributed by atoms with E-state index in [-0.39, 0.29) is 13.2 Å². The van der Waals surface area contributed by atoms with Crippen LogP contribution in [0.5, 0.6) is 0 Å². The number of methoxy groups -OCH3 is 1. The summed E-state index contributed by atoms with van der Waals surface area (Å²) < 4.78 is 59.0. The summed E-state index contributed by atoms with van der Waals surface area (Å²) in [5, 5.41) is 2.61. The van der Waals surface area contributed by atoms with Gasteiger partial charge in [0.2, 0.25) is 5.91 Å². The van der Waals surface area contributed by atoms with Gasteiger partial charge in [-0.25, -0.2) is 9.36 Å². The van der Waals surface area contributed by atoms with Crippen LogP contribution in [-0.2, 0) is 74.2 Å². The summed E-state index contributed by atoms with van der Waals surface area (Å²) in [6.45, 7) is 4.03. The fraction of sp³-hybridized carbons (Fsp3) is 0.467. The van der Waals surface area contributed by atoms with Crippen molar-refractivity contribution in [3.05, 3.63) is 71.8 Å². The molecule has 1 aliphatic rings. The first-order valence-electron chi connectivity index (χ1n) is 14.0. The smallest absolute Gasteiger partial charge is 0.467 e. The lowest BCUT2D eigenvalue weighted by Crippen LogP contribution is -2.66. The number of esters is 3. The van der Waals surface area contributed by atoms with Gasteiger partial charge in [-0.1, -0.05) is 60.7 Å². The highest BCUT2D eigenvalue weighted by molar-refractivity contribution is 7.48. The zero-order chi connectivity index (χ0) is 33.0. The van der Waals surface area contributed by atoms with Gasteiger partial charge in [0.25, 0.3) is 0 Å². The van der Waals surface area contributed by atoms with Crippen LogP contribution >= 0.6 is 7.82 Å². The Morgan fingerprint density at radius 3 is 1.89 bits per heavy atom. The van der Waals surface area contributed by atoms with Crippen molar-refractivity contribution in [3.63, 3.8) is 0 Å². The van der Waals surface area contributed by atoms with E-state index in [9.17, 15) is 23.7 Å². The van der Waals surface area contributed by atoms with E-state index < -0.39 is 75.0 Å². The molecule has 0 bridgehead atoms. The van der Waals surface area contributed by atoms with Crippen molar-refractivity contribution in [1.29, 1.82) is 0 Å². The van der Waals surface area contributed by atoms with Gasteiger partial charge in [-0.2, -0.15) is 0 Å². The molecule has 0 radical (unpaired) electrons. The summed E-state index contributed by atoms with van der Waals surface area (Å²) in [4.78, 5) is 48.6. The Hall–Kier alpha value is -3.65. The highest BCUT2D eigenvalue weighted by Gasteiger charge is 2.53. The zero-order valence-corrected chi connectivity index (χ0v) is 26.5. The van der Waals surface area contributed by atoms with Crippen LogP contribution in [0.4, 0.5) is 0 Å². The van der Waals surface area contributed by atoms with Gasteiger partial charge in [-0.15, -0.1) is 0 Å². The topological polar surface area (TPSA) is 171 Å². The van der Waals surface area contributed by atoms with Crippen molar-refractivity contribution < 1.29 is 61.0 Å². The Morgan fingerprint density at radius 1 is 0.867 bits per heavy atom. The standard InChI is InChI=1S/C30H38NO13P/c1-19(29(35)37-5)41-28-26(31-20(2)32)30(43-25(18-38-21(3)33)27(28)42-22(4)34)44-45(36,39-16-23-12-8-6-9-13-23)40-17-24-14-10-7-11-15-24/h6-15,19,25-28,30H,16-18H2,1-5H3,(H,31,32)/t19-,25-,26-,27-,28-,30-/m1/s1. The summed E-state index contributed by atoms with van der Waals surface area (Å²) in [7, 11) is -3.38. The Balaban J connectivity index is 2.03. The minimum Gasteiger partial charge on any atom is -0.467 e. The van der Waals surface area contributed by atoms with E-state index in [0.717, 1.165) is 21.0 Å². The second kappa shape index (κ2) is 17.2. The van der Waals surface area contributed by atoms with Crippen LogP contribution in [0.25, 0.3) is 0 Å². The molecule has 1 aliphatic heterocycles. The van der Waals surface area contributed by atoms with Crippen LogP contribution in [0.3, 0.4) is 0 Å². The monoisotopic (exact) mass is 651 g/mol. The zero-order valence-electron chi connectivity index (χ0n) is 25.6. The second-order valence-corrected chi connectivity index (χ2v) is 11.6. The van der Waals surface area contributed by atoms with Crippen LogP contribution in [0.1, 0.15) is 38.8 Å². The third-order valence-corrected chi connectivity index (χ3v) is 7.72. The molecule has 1 N–H and O–H groups in total. The lowest BCUT2D eigenvalue weighted by atomic mass is 9.96. The summed E-state index contributed by atoms with van der Waals surface area (Å²) in [5.74, 6) is -2.81. The maximum Gasteiger partial charge on any atom is 0.477 e. The largest absolute Gasteiger partial charge is 0.477 e. The molecule has 6 atom stereocenters. The molecule has 1 fully saturated rings. The number of hydrogen-bond acceptors (Lipinski definition) is 13. The minimum atomic E-state index is -4.54. The van der Waals surface area contributed by atoms with Crippen LogP contribution in [0.2, 0.25) is 0 Å². The molecule has 0 unspecified atom stereocenters. The van der Waals surface area contributed by atoms with Crippen molar-refractivity contribution >= 4 is 31.6 Å². The van der Waals surface area contributed by atoms with E-state index in [1.807, 2.05) is 0 Å². The first-order chi connectivity index (χ1) is 21.4. The molecule has 45 heavy (non-hydrogen) atoms. The summed E-state index contributed by atoms with van der Waals surface area (Å²) in [5.41, 5.74) is 1.31. The van der Waals surface area contributed by atoms with Crippen molar-refractivity contribution in [3.8, 4) is 0 Å². The normalized spacial score (nSPS) is 22.1. The summed E-state index contributed by atoms with van der Waals surface area (Å²) >= 11 is 0. The summed E-state index contributed by atoms with van der Waals surface area (Å²) in [6, 6.07) is 16.3. The Labute approximate surface area is 261 Å². The number of carbonyl (C=O) groups excluding carboxylic acids is 4. The molecule has 0 spiro atoms. The predicted octanol–water partition coefficient (Wildman–Crippen LogP) is 3.22. The maximum atomic E-state index is 14.2. The van der Waals surface area contributed by atoms with Crippen molar-refractivity contribution in [2.75, 3.05) is 13.7 Å². The van der Waals surface area contributed by atoms with E-state index in [4.69, 9.17) is 37.3 Å². The number of ether oxygens (including phenoxy) is 5. The molecule has 2 aromatic carbocycles. The molecule has 15 heteroatoms. The van der Waals surface area contributed by atoms with Gasteiger partial charge < -0.3 is 29.0 Å². The SMILES string of the molecule is COC(=O)[C@@H](C)O[C@@H]1[C@@H](NC(C)=O)[C@@H](OP(=O)(OCc2ccccc2)OCc2ccccc2)O[C@H](COC(C)=O)[C@H]1OC(C)=O. The molecule has 0 aromatic heterocycles. The molecule has 0 aliphatic carbocycles. The Kier molecular flexibility index (Phi) is 13.7. The first-order valence-corrected chi connectivity index (χ1v) is 15.5. The van der Waals surface area contributed by atoms with E-state index in [1.54, 1.807) is 60.7 Å². The summed E-state index contributed by atoms with van der Waals surface area (Å²) in [6.07, 6.45) is -6.89. The van der Waals surface area contributed by atoms with E-state index >= 15 is 0 Å². The quantitative estimate of drug-likeness (QED) is 0.169. The molecule has 14 nitrogen and oxygen atoms in total. The molecule has 0 saturated carbocycles. The van der Waals surface area contributed by atoms with Crippen molar-refractivity contribution in [1.82, 2.24) is 5.32 Å². The van der Waals surface area contributed by atoms with Crippen molar-refractivity contribution in [2.24, 2.45) is 0 Å². The molecule has 1 amide bonds. The lowest BCUT2D eigenvalue weighted by molar-refractivity contribution is -0.269. The number of phosphoric acid groups is 1. The molecular weight excluding hydrogens is 613 g/mol. The molecule has 1 heterocycles. The number of rotatable bonds is 15. The first kappa shape index (κ1) is 35.8. The van der Waals surface area contributed by atoms with Crippen LogP contribution < -0.4 is 5.32 Å². The average Bonchev–Trinajstić information content (AvgIpc) is 3.01. The van der Waals surface area contributed by atoms with Gasteiger partial charge in [0.15, 0.2) is 18.5 Å². The van der Waals surface area contributed by atoms with Crippen molar-refractivity contribution in [2.45, 2.75) is 77.7 Å². The number of phosphoric ester groups is 1. The highest BCUT2D eigenvalue weighted by atomic mass is 31.2. The number of nitrogens with one attached hydrogen (secondary N) is 1. The molecule has 2 aromatic rings. The van der Waals surface area contributed by atoms with Gasteiger partial charge in [-0.3, -0.25) is 28.0 Å². The number of benzene rings is 2. The second-order valence-electron chi connectivity index (χ2n) is 9.98. The molecule has 246 valence electrons. The Bertz CT molecular complexity index is 1280. The average molecular weight is 652 g/mol. The third kappa shape index (κ3) is 11.3. The fourth-order valence-corrected chi connectivity index (χ4v) is 5.59. The third-order valence-electron chi connectivity index (χ3n) is 6.36. The van der Waals surface area contributed by atoms with Crippen LogP contribution in [0, 0.1) is 0 Å². The molecule has 3 rings (SSSR count). The fourth-order valence-electron chi connectivity index (χ4n) is 4.35. The van der Waals surface area contributed by atoms with E-state index in [2.05, 4.69) is 5.32 Å². The van der Waals surface area contributed by atoms with Crippen LogP contribution in [-0.4, -0.2) is 74.3 Å². The van der Waals surface area contributed by atoms with Gasteiger partial charge >= 0.3 is 25.7 Å². The minimum absolute atomic E-state index is 0.184. The number of hydrogen-bond donors (Lipinski definition) is 1. The van der Waals surface area contributed by atoms with E-state index in [1.165, 1.54) is 13.8 Å². The molecular formula is C30H38NO13P. The number of amides is 1. The predicted molar refractivity (Wildman–Crippen MR) is 156 cm³/mol.